The van der Waals surface area contributed by atoms with Crippen molar-refractivity contribution in [2.75, 3.05) is 19.5 Å². The van der Waals surface area contributed by atoms with Gasteiger partial charge in [-0.1, -0.05) is 11.6 Å². The molecule has 1 atom stereocenters. The summed E-state index contributed by atoms with van der Waals surface area (Å²) in [4.78, 5) is 12.8. The second-order valence-corrected chi connectivity index (χ2v) is 5.93. The molecule has 0 bridgehead atoms. The molecule has 5 heteroatoms. The number of nitrogens with one attached hydrogen (secondary N) is 1. The third-order valence-electron chi connectivity index (χ3n) is 2.45. The van der Waals surface area contributed by atoms with Crippen molar-refractivity contribution >= 4 is 29.3 Å². The normalized spacial score (nSPS) is 12.2. The minimum absolute atomic E-state index is 0.0708. The number of carbonyl (C=O) groups is 1. The van der Waals surface area contributed by atoms with Gasteiger partial charge in [0, 0.05) is 29.5 Å². The first kappa shape index (κ1) is 16.3. The number of hydrogen-bond acceptors (Lipinski definition) is 3. The van der Waals surface area contributed by atoms with Crippen molar-refractivity contribution in [1.29, 1.82) is 0 Å². The minimum Gasteiger partial charge on any atom is -0.383 e. The maximum Gasteiger partial charge on any atom is 0.220 e. The third-order valence-corrected chi connectivity index (χ3v) is 3.80. The molecule has 1 rings (SSSR count). The average Bonchev–Trinajstić information content (AvgIpc) is 2.37. The van der Waals surface area contributed by atoms with Crippen molar-refractivity contribution in [2.45, 2.75) is 30.7 Å². The van der Waals surface area contributed by atoms with Crippen LogP contribution in [0.25, 0.3) is 0 Å². The van der Waals surface area contributed by atoms with Gasteiger partial charge in [-0.05, 0) is 43.4 Å². The highest BCUT2D eigenvalue weighted by Crippen LogP contribution is 2.21. The van der Waals surface area contributed by atoms with Gasteiger partial charge in [-0.15, -0.1) is 11.8 Å². The zero-order chi connectivity index (χ0) is 14.1. The van der Waals surface area contributed by atoms with Gasteiger partial charge in [0.15, 0.2) is 0 Å². The summed E-state index contributed by atoms with van der Waals surface area (Å²) in [5.41, 5.74) is 0. The van der Waals surface area contributed by atoms with E-state index in [0.29, 0.717) is 13.0 Å². The second-order valence-electron chi connectivity index (χ2n) is 4.33. The first-order valence-corrected chi connectivity index (χ1v) is 7.65. The van der Waals surface area contributed by atoms with Gasteiger partial charge < -0.3 is 10.1 Å². The third kappa shape index (κ3) is 7.45. The Hall–Kier alpha value is -0.710. The van der Waals surface area contributed by atoms with E-state index < -0.39 is 0 Å². The van der Waals surface area contributed by atoms with Crippen LogP contribution in [0.15, 0.2) is 29.2 Å². The van der Waals surface area contributed by atoms with E-state index in [1.165, 1.54) is 4.90 Å². The lowest BCUT2D eigenvalue weighted by atomic mass is 10.3. The Morgan fingerprint density at radius 3 is 2.74 bits per heavy atom. The van der Waals surface area contributed by atoms with E-state index in [-0.39, 0.29) is 11.9 Å². The zero-order valence-electron chi connectivity index (χ0n) is 11.3. The summed E-state index contributed by atoms with van der Waals surface area (Å²) in [6.07, 6.45) is 1.41. The molecule has 19 heavy (non-hydrogen) atoms. The number of thioether (sulfide) groups is 1. The van der Waals surface area contributed by atoms with Crippen LogP contribution >= 0.6 is 23.4 Å². The number of rotatable bonds is 8. The molecule has 0 heterocycles. The van der Waals surface area contributed by atoms with Crippen LogP contribution in [0.1, 0.15) is 19.8 Å². The highest BCUT2D eigenvalue weighted by Gasteiger charge is 2.06. The maximum absolute atomic E-state index is 11.6. The van der Waals surface area contributed by atoms with E-state index in [0.717, 1.165) is 17.2 Å². The van der Waals surface area contributed by atoms with E-state index in [9.17, 15) is 4.79 Å². The predicted molar refractivity (Wildman–Crippen MR) is 80.9 cm³/mol. The highest BCUT2D eigenvalue weighted by atomic mass is 35.5. The van der Waals surface area contributed by atoms with E-state index in [4.69, 9.17) is 16.3 Å². The van der Waals surface area contributed by atoms with Gasteiger partial charge in [0.1, 0.15) is 0 Å². The summed E-state index contributed by atoms with van der Waals surface area (Å²) in [5.74, 6) is 1.01. The van der Waals surface area contributed by atoms with Gasteiger partial charge >= 0.3 is 0 Å². The first-order valence-electron chi connectivity index (χ1n) is 6.28. The molecule has 0 saturated heterocycles. The summed E-state index contributed by atoms with van der Waals surface area (Å²) in [6, 6.07) is 7.81. The second kappa shape index (κ2) is 9.23. The Labute approximate surface area is 124 Å². The monoisotopic (exact) mass is 301 g/mol. The van der Waals surface area contributed by atoms with Crippen molar-refractivity contribution in [3.05, 3.63) is 29.3 Å². The molecule has 1 aromatic carbocycles. The van der Waals surface area contributed by atoms with Gasteiger partial charge in [-0.25, -0.2) is 0 Å². The predicted octanol–water partition coefficient (Wildman–Crippen LogP) is 3.36. The van der Waals surface area contributed by atoms with Crippen LogP contribution in [0, 0.1) is 0 Å². The topological polar surface area (TPSA) is 38.3 Å². The molecule has 106 valence electrons. The smallest absolute Gasteiger partial charge is 0.220 e. The first-order chi connectivity index (χ1) is 9.11. The van der Waals surface area contributed by atoms with E-state index in [2.05, 4.69) is 5.32 Å². The molecule has 1 amide bonds. The molecule has 0 radical (unpaired) electrons. The summed E-state index contributed by atoms with van der Waals surface area (Å²) >= 11 is 7.55. The molecule has 0 aliphatic rings. The van der Waals surface area contributed by atoms with Gasteiger partial charge in [-0.3, -0.25) is 4.79 Å². The Bertz CT molecular complexity index is 384. The Morgan fingerprint density at radius 1 is 1.42 bits per heavy atom. The number of methoxy groups -OCH3 is 1. The lowest BCUT2D eigenvalue weighted by molar-refractivity contribution is -0.122. The molecule has 0 aliphatic carbocycles. The number of amides is 1. The fourth-order valence-corrected chi connectivity index (χ4v) is 2.57. The molecule has 1 unspecified atom stereocenters. The van der Waals surface area contributed by atoms with Crippen LogP contribution in [-0.4, -0.2) is 31.4 Å². The van der Waals surface area contributed by atoms with Crippen LogP contribution in [-0.2, 0) is 9.53 Å². The number of benzene rings is 1. The molecule has 0 fully saturated rings. The van der Waals surface area contributed by atoms with Gasteiger partial charge in [0.2, 0.25) is 5.91 Å². The summed E-state index contributed by atoms with van der Waals surface area (Å²) < 4.78 is 4.97. The molecule has 0 spiro atoms. The van der Waals surface area contributed by atoms with Crippen LogP contribution < -0.4 is 5.32 Å². The van der Waals surface area contributed by atoms with Crippen molar-refractivity contribution < 1.29 is 9.53 Å². The number of halogens is 1. The highest BCUT2D eigenvalue weighted by molar-refractivity contribution is 7.99. The Morgan fingerprint density at radius 2 is 2.11 bits per heavy atom. The standard InChI is InChI=1S/C14H20ClNO2S/c1-11(10-18-2)16-14(17)4-3-9-19-13-7-5-12(15)6-8-13/h5-8,11H,3-4,9-10H2,1-2H3,(H,16,17). The molecular formula is C14H20ClNO2S. The fraction of sp³-hybridized carbons (Fsp3) is 0.500. The van der Waals surface area contributed by atoms with Crippen molar-refractivity contribution in [3.63, 3.8) is 0 Å². The molecule has 0 saturated carbocycles. The van der Waals surface area contributed by atoms with Crippen LogP contribution in [0.4, 0.5) is 0 Å². The lowest BCUT2D eigenvalue weighted by Crippen LogP contribution is -2.35. The summed E-state index contributed by atoms with van der Waals surface area (Å²) in [7, 11) is 1.63. The van der Waals surface area contributed by atoms with E-state index in [1.54, 1.807) is 18.9 Å². The van der Waals surface area contributed by atoms with Gasteiger partial charge in [0.05, 0.1) is 6.61 Å². The minimum atomic E-state index is 0.0708. The zero-order valence-corrected chi connectivity index (χ0v) is 12.9. The SMILES string of the molecule is COCC(C)NC(=O)CCCSc1ccc(Cl)cc1. The largest absolute Gasteiger partial charge is 0.383 e. The van der Waals surface area contributed by atoms with Gasteiger partial charge in [-0.2, -0.15) is 0 Å². The van der Waals surface area contributed by atoms with E-state index >= 15 is 0 Å². The van der Waals surface area contributed by atoms with Crippen LogP contribution in [0.2, 0.25) is 5.02 Å². The number of hydrogen-bond donors (Lipinski definition) is 1. The molecule has 1 N–H and O–H groups in total. The lowest BCUT2D eigenvalue weighted by Gasteiger charge is -2.12. The summed E-state index contributed by atoms with van der Waals surface area (Å²) in [5, 5.41) is 3.64. The molecule has 1 aromatic rings. The van der Waals surface area contributed by atoms with Crippen molar-refractivity contribution in [1.82, 2.24) is 5.32 Å². The maximum atomic E-state index is 11.6. The van der Waals surface area contributed by atoms with Crippen LogP contribution in [0.5, 0.6) is 0 Å². The fourth-order valence-electron chi connectivity index (χ4n) is 1.59. The quantitative estimate of drug-likeness (QED) is 0.591. The average molecular weight is 302 g/mol. The molecule has 0 aliphatic heterocycles. The van der Waals surface area contributed by atoms with Crippen molar-refractivity contribution in [2.24, 2.45) is 0 Å². The van der Waals surface area contributed by atoms with Crippen LogP contribution in [0.3, 0.4) is 0 Å². The Kier molecular flexibility index (Phi) is 7.94. The van der Waals surface area contributed by atoms with Crippen molar-refractivity contribution in [3.8, 4) is 0 Å². The Balaban J connectivity index is 2.13. The number of carbonyl (C=O) groups excluding carboxylic acids is 1. The van der Waals surface area contributed by atoms with Gasteiger partial charge in [0.25, 0.3) is 0 Å². The molecule has 3 nitrogen and oxygen atoms in total. The van der Waals surface area contributed by atoms with E-state index in [1.807, 2.05) is 31.2 Å². The molecule has 0 aromatic heterocycles. The number of ether oxygens (including phenoxy) is 1. The summed E-state index contributed by atoms with van der Waals surface area (Å²) in [6.45, 7) is 2.48. The molecular weight excluding hydrogens is 282 g/mol.